The van der Waals surface area contributed by atoms with Gasteiger partial charge in [-0.2, -0.15) is 0 Å². The van der Waals surface area contributed by atoms with Crippen LogP contribution in [0.5, 0.6) is 0 Å². The first-order valence-electron chi connectivity index (χ1n) is 10.7. The highest BCUT2D eigenvalue weighted by Gasteiger charge is 2.50. The molecule has 15 aliphatic rings. The summed E-state index contributed by atoms with van der Waals surface area (Å²) in [5.74, 6) is 0. The molecule has 24 heavy (non-hydrogen) atoms. The number of quaternary nitrogens is 4. The van der Waals surface area contributed by atoms with Gasteiger partial charge in [0.2, 0.25) is 0 Å². The second-order valence-corrected chi connectivity index (χ2v) is 10.0. The van der Waals surface area contributed by atoms with Gasteiger partial charge in [-0.25, -0.2) is 0 Å². The quantitative estimate of drug-likeness (QED) is 0.451. The molecule has 0 radical (unpaired) electrons. The number of hydrogen-bond donors (Lipinski definition) is 0. The number of piperazine rings is 6. The molecule has 4 nitrogen and oxygen atoms in total. The summed E-state index contributed by atoms with van der Waals surface area (Å²) < 4.78 is 5.78. The number of rotatable bonds is 0. The van der Waals surface area contributed by atoms with Gasteiger partial charge in [0.25, 0.3) is 0 Å². The highest BCUT2D eigenvalue weighted by molar-refractivity contribution is 4.84. The lowest BCUT2D eigenvalue weighted by molar-refractivity contribution is -1.08. The average Bonchev–Trinajstić information content (AvgIpc) is 2.65. The summed E-state index contributed by atoms with van der Waals surface area (Å²) in [6, 6.07) is 0. The first-order chi connectivity index (χ1) is 11.7. The Labute approximate surface area is 148 Å². The maximum Gasteiger partial charge on any atom is 0.129 e. The summed E-state index contributed by atoms with van der Waals surface area (Å²) in [6.45, 7) is 23.1. The van der Waals surface area contributed by atoms with Crippen molar-refractivity contribution in [1.29, 1.82) is 0 Å². The second-order valence-electron chi connectivity index (χ2n) is 10.0. The van der Waals surface area contributed by atoms with E-state index in [1.54, 1.807) is 0 Å². The molecule has 4 heteroatoms. The van der Waals surface area contributed by atoms with Gasteiger partial charge in [-0.15, -0.1) is 0 Å². The van der Waals surface area contributed by atoms with E-state index in [1.807, 2.05) is 0 Å². The molecule has 0 atom stereocenters. The van der Waals surface area contributed by atoms with Crippen LogP contribution in [0.15, 0.2) is 12.2 Å². The van der Waals surface area contributed by atoms with Gasteiger partial charge in [-0.05, 0) is 12.2 Å². The minimum Gasteiger partial charge on any atom is -0.310 e. The van der Waals surface area contributed by atoms with E-state index in [1.165, 1.54) is 135 Å². The fourth-order valence-electron chi connectivity index (χ4n) is 6.60. The van der Waals surface area contributed by atoms with Crippen LogP contribution in [-0.2, 0) is 0 Å². The predicted octanol–water partition coefficient (Wildman–Crippen LogP) is 0.658. The van der Waals surface area contributed by atoms with Crippen molar-refractivity contribution in [1.82, 2.24) is 0 Å². The third-order valence-corrected chi connectivity index (χ3v) is 8.96. The van der Waals surface area contributed by atoms with E-state index in [2.05, 4.69) is 12.2 Å². The molecule has 6 fully saturated rings. The van der Waals surface area contributed by atoms with Crippen LogP contribution in [0.1, 0.15) is 12.8 Å². The average molecular weight is 335 g/mol. The Bertz CT molecular complexity index is 431. The summed E-state index contributed by atoms with van der Waals surface area (Å²) in [5.41, 5.74) is 0. The molecule has 0 amide bonds. The minimum atomic E-state index is 1.32. The van der Waals surface area contributed by atoms with Crippen molar-refractivity contribution in [3.05, 3.63) is 12.2 Å². The van der Waals surface area contributed by atoms with Gasteiger partial charge in [-0.3, -0.25) is 0 Å². The van der Waals surface area contributed by atoms with Crippen LogP contribution < -0.4 is 0 Å². The molecule has 15 rings (SSSR count). The molecule has 0 spiro atoms. The Kier molecular flexibility index (Phi) is 3.65. The van der Waals surface area contributed by atoms with Gasteiger partial charge in [-0.1, -0.05) is 0 Å². The fourth-order valence-corrected chi connectivity index (χ4v) is 6.60. The Morgan fingerprint density at radius 3 is 0.958 bits per heavy atom. The van der Waals surface area contributed by atoms with Crippen molar-refractivity contribution in [2.45, 2.75) is 12.8 Å². The van der Waals surface area contributed by atoms with Gasteiger partial charge in [0.1, 0.15) is 78.5 Å². The van der Waals surface area contributed by atoms with E-state index in [4.69, 9.17) is 0 Å². The standard InChI is InChI=1S/C20H38N4/c1-2-6-22-15-18-24(19-16-22,20-17-22)8-4-3-7-23-12-9-21(5-1,10-13-23)11-14-23/h1-2H,3-20H2/q+4. The molecule has 15 aliphatic heterocycles. The van der Waals surface area contributed by atoms with Crippen LogP contribution in [0, 0.1) is 0 Å². The third kappa shape index (κ3) is 2.57. The van der Waals surface area contributed by atoms with Crippen molar-refractivity contribution in [3.63, 3.8) is 0 Å². The SMILES string of the molecule is C1=CC[N+]23CC[N+](CCCC[N+]45CC[N+](C1)(CC4)CC5)(CC2)CC3. The Morgan fingerprint density at radius 2 is 0.625 bits per heavy atom. The molecular weight excluding hydrogens is 296 g/mol. The van der Waals surface area contributed by atoms with Crippen LogP contribution in [0.4, 0.5) is 0 Å². The molecule has 15 heterocycles. The molecule has 0 unspecified atom stereocenters. The zero-order chi connectivity index (χ0) is 16.1. The second kappa shape index (κ2) is 5.54. The normalized spacial score (nSPS) is 51.3. The van der Waals surface area contributed by atoms with Gasteiger partial charge in [0.05, 0.1) is 26.2 Å². The van der Waals surface area contributed by atoms with Crippen LogP contribution in [-0.4, -0.2) is 123 Å². The summed E-state index contributed by atoms with van der Waals surface area (Å²) in [5, 5.41) is 0. The minimum absolute atomic E-state index is 1.32. The van der Waals surface area contributed by atoms with Gasteiger partial charge >= 0.3 is 0 Å². The summed E-state index contributed by atoms with van der Waals surface area (Å²) >= 11 is 0. The Hall–Kier alpha value is -0.420. The van der Waals surface area contributed by atoms with Crippen molar-refractivity contribution >= 4 is 0 Å². The van der Waals surface area contributed by atoms with Crippen LogP contribution in [0.25, 0.3) is 0 Å². The summed E-state index contributed by atoms with van der Waals surface area (Å²) in [4.78, 5) is 0. The summed E-state index contributed by atoms with van der Waals surface area (Å²) in [6.07, 6.45) is 8.13. The number of nitrogens with zero attached hydrogens (tertiary/aromatic N) is 4. The highest BCUT2D eigenvalue weighted by Crippen LogP contribution is 2.30. The van der Waals surface area contributed by atoms with Crippen LogP contribution >= 0.6 is 0 Å². The topological polar surface area (TPSA) is 0 Å². The van der Waals surface area contributed by atoms with Crippen molar-refractivity contribution in [2.75, 3.05) is 105 Å². The van der Waals surface area contributed by atoms with Crippen LogP contribution in [0.3, 0.4) is 0 Å². The smallest absolute Gasteiger partial charge is 0.129 e. The van der Waals surface area contributed by atoms with E-state index < -0.39 is 0 Å². The molecular formula is C20H38N4+4. The monoisotopic (exact) mass is 334 g/mol. The molecule has 4 bridgehead atoms. The van der Waals surface area contributed by atoms with E-state index in [-0.39, 0.29) is 0 Å². The molecule has 0 saturated carbocycles. The maximum atomic E-state index is 2.58. The fraction of sp³-hybridized carbons (Fsp3) is 0.900. The first-order valence-corrected chi connectivity index (χ1v) is 10.7. The van der Waals surface area contributed by atoms with Gasteiger partial charge in [0, 0.05) is 12.8 Å². The van der Waals surface area contributed by atoms with E-state index >= 15 is 0 Å². The lowest BCUT2D eigenvalue weighted by atomic mass is 10.0. The molecule has 134 valence electrons. The van der Waals surface area contributed by atoms with Gasteiger partial charge < -0.3 is 17.9 Å². The summed E-state index contributed by atoms with van der Waals surface area (Å²) in [7, 11) is 0. The molecule has 6 saturated heterocycles. The molecule has 0 aromatic rings. The first kappa shape index (κ1) is 15.8. The molecule has 0 N–H and O–H groups in total. The lowest BCUT2D eigenvalue weighted by Crippen LogP contribution is -2.75. The molecule has 0 aromatic heterocycles. The maximum absolute atomic E-state index is 2.58. The van der Waals surface area contributed by atoms with Crippen LogP contribution in [0.2, 0.25) is 0 Å². The lowest BCUT2D eigenvalue weighted by Gasteiger charge is -2.56. The zero-order valence-electron chi connectivity index (χ0n) is 15.7. The Balaban J connectivity index is 1.36. The van der Waals surface area contributed by atoms with E-state index in [0.29, 0.717) is 0 Å². The van der Waals surface area contributed by atoms with E-state index in [9.17, 15) is 0 Å². The Morgan fingerprint density at radius 1 is 0.333 bits per heavy atom. The third-order valence-electron chi connectivity index (χ3n) is 8.96. The highest BCUT2D eigenvalue weighted by atomic mass is 15.5. The van der Waals surface area contributed by atoms with Gasteiger partial charge in [0.15, 0.2) is 0 Å². The predicted molar refractivity (Wildman–Crippen MR) is 97.3 cm³/mol. The van der Waals surface area contributed by atoms with Crippen molar-refractivity contribution in [3.8, 4) is 0 Å². The van der Waals surface area contributed by atoms with E-state index in [0.717, 1.165) is 0 Å². The molecule has 0 aliphatic carbocycles. The zero-order valence-corrected chi connectivity index (χ0v) is 15.7. The van der Waals surface area contributed by atoms with Crippen molar-refractivity contribution in [2.24, 2.45) is 0 Å². The number of hydrogen-bond acceptors (Lipinski definition) is 0. The molecule has 0 aromatic carbocycles. The largest absolute Gasteiger partial charge is 0.310 e. The van der Waals surface area contributed by atoms with Crippen molar-refractivity contribution < 1.29 is 17.9 Å².